The van der Waals surface area contributed by atoms with Crippen molar-refractivity contribution in [2.75, 3.05) is 11.9 Å². The Morgan fingerprint density at radius 2 is 1.66 bits per heavy atom. The van der Waals surface area contributed by atoms with Crippen molar-refractivity contribution in [1.82, 2.24) is 4.90 Å². The first kappa shape index (κ1) is 23.7. The summed E-state index contributed by atoms with van der Waals surface area (Å²) in [6.45, 7) is 9.62. The molecule has 7 nitrogen and oxygen atoms in total. The first-order chi connectivity index (χ1) is 15.2. The summed E-state index contributed by atoms with van der Waals surface area (Å²) in [5, 5.41) is 3.18. The number of nitrogens with zero attached hydrogens (tertiary/aromatic N) is 1. The van der Waals surface area contributed by atoms with E-state index < -0.39 is 29.7 Å². The molecule has 1 aromatic carbocycles. The third-order valence-electron chi connectivity index (χ3n) is 5.56. The van der Waals surface area contributed by atoms with Gasteiger partial charge >= 0.3 is 5.97 Å². The fourth-order valence-electron chi connectivity index (χ4n) is 3.72. The maximum Gasteiger partial charge on any atom is 0.341 e. The van der Waals surface area contributed by atoms with Gasteiger partial charge in [0.2, 0.25) is 5.91 Å². The Hall–Kier alpha value is -3.00. The topological polar surface area (TPSA) is 92.8 Å². The van der Waals surface area contributed by atoms with E-state index in [1.807, 2.05) is 20.8 Å². The highest BCUT2D eigenvalue weighted by molar-refractivity contribution is 7.16. The Labute approximate surface area is 191 Å². The van der Waals surface area contributed by atoms with Crippen LogP contribution in [0, 0.1) is 19.8 Å². The Morgan fingerprint density at radius 1 is 1.06 bits per heavy atom. The van der Waals surface area contributed by atoms with E-state index in [9.17, 15) is 19.2 Å². The van der Waals surface area contributed by atoms with Gasteiger partial charge in [-0.15, -0.1) is 11.3 Å². The zero-order valence-electron chi connectivity index (χ0n) is 19.0. The minimum atomic E-state index is -0.984. The van der Waals surface area contributed by atoms with Crippen LogP contribution in [-0.4, -0.2) is 41.2 Å². The highest BCUT2D eigenvalue weighted by atomic mass is 32.1. The number of nitrogens with one attached hydrogen (secondary N) is 1. The molecule has 2 aromatic rings. The highest BCUT2D eigenvalue weighted by Crippen LogP contribution is 2.34. The molecule has 170 valence electrons. The Balaban J connectivity index is 1.94. The van der Waals surface area contributed by atoms with E-state index >= 15 is 0 Å². The van der Waals surface area contributed by atoms with Gasteiger partial charge in [0.1, 0.15) is 11.0 Å². The van der Waals surface area contributed by atoms with Gasteiger partial charge in [0.25, 0.3) is 11.8 Å². The van der Waals surface area contributed by atoms with Crippen LogP contribution in [-0.2, 0) is 9.53 Å². The van der Waals surface area contributed by atoms with E-state index in [4.69, 9.17) is 4.74 Å². The van der Waals surface area contributed by atoms with Crippen LogP contribution < -0.4 is 5.32 Å². The largest absolute Gasteiger partial charge is 0.462 e. The van der Waals surface area contributed by atoms with E-state index in [0.717, 1.165) is 15.3 Å². The number of anilines is 1. The van der Waals surface area contributed by atoms with E-state index in [-0.39, 0.29) is 12.5 Å². The molecule has 8 heteroatoms. The van der Waals surface area contributed by atoms with Crippen molar-refractivity contribution in [1.29, 1.82) is 0 Å². The maximum atomic E-state index is 13.4. The lowest BCUT2D eigenvalue weighted by molar-refractivity contribution is -0.120. The molecule has 0 radical (unpaired) electrons. The van der Waals surface area contributed by atoms with Gasteiger partial charge < -0.3 is 10.1 Å². The molecule has 0 aliphatic carbocycles. The van der Waals surface area contributed by atoms with E-state index in [1.165, 1.54) is 11.3 Å². The number of hydrogen-bond donors (Lipinski definition) is 1. The molecule has 1 atom stereocenters. The zero-order valence-corrected chi connectivity index (χ0v) is 19.8. The lowest BCUT2D eigenvalue weighted by Crippen LogP contribution is -2.47. The summed E-state index contributed by atoms with van der Waals surface area (Å²) in [5.74, 6) is -1.67. The van der Waals surface area contributed by atoms with E-state index in [1.54, 1.807) is 38.1 Å². The summed E-state index contributed by atoms with van der Waals surface area (Å²) in [7, 11) is 0. The minimum absolute atomic E-state index is 0.215. The van der Waals surface area contributed by atoms with Crippen LogP contribution in [0.1, 0.15) is 75.1 Å². The fourth-order valence-corrected chi connectivity index (χ4v) is 4.77. The van der Waals surface area contributed by atoms with Crippen molar-refractivity contribution in [3.63, 3.8) is 0 Å². The quantitative estimate of drug-likeness (QED) is 0.464. The Kier molecular flexibility index (Phi) is 7.13. The second kappa shape index (κ2) is 9.65. The number of esters is 1. The van der Waals surface area contributed by atoms with Gasteiger partial charge in [-0.2, -0.15) is 0 Å². The van der Waals surface area contributed by atoms with Crippen LogP contribution >= 0.6 is 11.3 Å². The van der Waals surface area contributed by atoms with E-state index in [0.29, 0.717) is 34.5 Å². The number of carbonyl (C=O) groups excluding carboxylic acids is 4. The molecular formula is C24H28N2O5S. The van der Waals surface area contributed by atoms with Crippen LogP contribution in [0.2, 0.25) is 0 Å². The van der Waals surface area contributed by atoms with Crippen molar-refractivity contribution in [2.24, 2.45) is 5.92 Å². The van der Waals surface area contributed by atoms with Gasteiger partial charge in [-0.05, 0) is 57.2 Å². The zero-order chi connectivity index (χ0) is 23.6. The normalized spacial score (nSPS) is 14.0. The molecular weight excluding hydrogens is 428 g/mol. The summed E-state index contributed by atoms with van der Waals surface area (Å²) >= 11 is 1.28. The van der Waals surface area contributed by atoms with Crippen molar-refractivity contribution in [3.8, 4) is 0 Å². The van der Waals surface area contributed by atoms with Gasteiger partial charge in [0, 0.05) is 4.88 Å². The number of fused-ring (bicyclic) bond motifs is 1. The molecule has 1 aliphatic rings. The Morgan fingerprint density at radius 3 is 2.19 bits per heavy atom. The number of amides is 3. The third kappa shape index (κ3) is 4.46. The van der Waals surface area contributed by atoms with Gasteiger partial charge in [0.15, 0.2) is 0 Å². The van der Waals surface area contributed by atoms with E-state index in [2.05, 4.69) is 5.32 Å². The standard InChI is InChI=1S/C24H28N2O5S/c1-6-31-24(30)19-14(4)15(5)32-21(19)25-20(27)18(12-11-13(2)3)26-22(28)16-9-7-8-10-17(16)23(26)29/h7-10,13,18H,6,11-12H2,1-5H3,(H,25,27). The fraction of sp³-hybridized carbons (Fsp3) is 0.417. The predicted octanol–water partition coefficient (Wildman–Crippen LogP) is 4.58. The molecule has 2 heterocycles. The average molecular weight is 457 g/mol. The predicted molar refractivity (Wildman–Crippen MR) is 123 cm³/mol. The molecule has 3 rings (SSSR count). The van der Waals surface area contributed by atoms with Crippen LogP contribution in [0.5, 0.6) is 0 Å². The molecule has 32 heavy (non-hydrogen) atoms. The number of hydrogen-bond acceptors (Lipinski definition) is 6. The molecule has 1 aromatic heterocycles. The van der Waals surface area contributed by atoms with Crippen LogP contribution in [0.3, 0.4) is 0 Å². The number of rotatable bonds is 8. The Bertz CT molecular complexity index is 1040. The van der Waals surface area contributed by atoms with Crippen molar-refractivity contribution in [2.45, 2.75) is 53.5 Å². The number of thiophene rings is 1. The molecule has 0 saturated carbocycles. The highest BCUT2D eigenvalue weighted by Gasteiger charge is 2.42. The van der Waals surface area contributed by atoms with Crippen molar-refractivity contribution >= 4 is 40.0 Å². The molecule has 0 saturated heterocycles. The summed E-state index contributed by atoms with van der Waals surface area (Å²) < 4.78 is 5.16. The van der Waals surface area contributed by atoms with Crippen LogP contribution in [0.4, 0.5) is 5.00 Å². The lowest BCUT2D eigenvalue weighted by Gasteiger charge is -2.26. The SMILES string of the molecule is CCOC(=O)c1c(NC(=O)C(CCC(C)C)N2C(=O)c3ccccc3C2=O)sc(C)c1C. The summed E-state index contributed by atoms with van der Waals surface area (Å²) in [6, 6.07) is 5.59. The second-order valence-corrected chi connectivity index (χ2v) is 9.43. The molecule has 3 amide bonds. The van der Waals surface area contributed by atoms with Crippen LogP contribution in [0.15, 0.2) is 24.3 Å². The minimum Gasteiger partial charge on any atom is -0.462 e. The second-order valence-electron chi connectivity index (χ2n) is 8.21. The molecule has 1 N–H and O–H groups in total. The third-order valence-corrected chi connectivity index (χ3v) is 6.68. The molecule has 0 spiro atoms. The lowest BCUT2D eigenvalue weighted by atomic mass is 10.0. The number of aryl methyl sites for hydroxylation is 1. The number of carbonyl (C=O) groups is 4. The van der Waals surface area contributed by atoms with Gasteiger partial charge in [-0.1, -0.05) is 26.0 Å². The molecule has 0 fully saturated rings. The van der Waals surface area contributed by atoms with Crippen molar-refractivity contribution < 1.29 is 23.9 Å². The number of benzene rings is 1. The van der Waals surface area contributed by atoms with Gasteiger partial charge in [-0.3, -0.25) is 19.3 Å². The number of ether oxygens (including phenoxy) is 1. The summed E-state index contributed by atoms with van der Waals surface area (Å²) in [4.78, 5) is 53.9. The van der Waals surface area contributed by atoms with Gasteiger partial charge in [-0.25, -0.2) is 4.79 Å². The van der Waals surface area contributed by atoms with Gasteiger partial charge in [0.05, 0.1) is 23.3 Å². The monoisotopic (exact) mass is 456 g/mol. The van der Waals surface area contributed by atoms with Crippen LogP contribution in [0.25, 0.3) is 0 Å². The summed E-state index contributed by atoms with van der Waals surface area (Å²) in [6.07, 6.45) is 0.978. The first-order valence-corrected chi connectivity index (χ1v) is 11.5. The summed E-state index contributed by atoms with van der Waals surface area (Å²) in [5.41, 5.74) is 1.65. The average Bonchev–Trinajstić information content (AvgIpc) is 3.16. The first-order valence-electron chi connectivity index (χ1n) is 10.7. The number of imide groups is 1. The van der Waals surface area contributed by atoms with Crippen molar-refractivity contribution in [3.05, 3.63) is 51.4 Å². The molecule has 1 aliphatic heterocycles. The smallest absolute Gasteiger partial charge is 0.341 e. The molecule has 0 bridgehead atoms. The maximum absolute atomic E-state index is 13.4. The molecule has 1 unspecified atom stereocenters.